The van der Waals surface area contributed by atoms with E-state index in [1.165, 1.54) is 6.42 Å². The highest BCUT2D eigenvalue weighted by Crippen LogP contribution is 2.67. The number of carbonyl (C=O) groups is 1. The number of esters is 1. The molecule has 2 nitrogen and oxygen atoms in total. The standard InChI is InChI=1S/C16H22O2S/c1-16(2,3)18-15(17)10-7-8-6-9(10)14-12-5-4-11(19-12)13(8)14/h4-5,8-14H,6-7H2,1-3H3. The molecule has 1 saturated heterocycles. The molecule has 2 saturated carbocycles. The maximum atomic E-state index is 12.4. The van der Waals surface area contributed by atoms with Crippen LogP contribution in [0, 0.1) is 29.6 Å². The Morgan fingerprint density at radius 2 is 1.84 bits per heavy atom. The van der Waals surface area contributed by atoms with Crippen LogP contribution in [0.1, 0.15) is 33.6 Å². The molecule has 4 aliphatic rings. The average Bonchev–Trinajstić information content (AvgIpc) is 3.04. The molecule has 4 rings (SSSR count). The smallest absolute Gasteiger partial charge is 0.309 e. The van der Waals surface area contributed by atoms with Gasteiger partial charge in [-0.15, -0.1) is 11.8 Å². The molecule has 2 heterocycles. The fraction of sp³-hybridized carbons (Fsp3) is 0.812. The van der Waals surface area contributed by atoms with E-state index in [9.17, 15) is 4.79 Å². The molecule has 2 aliphatic heterocycles. The molecular formula is C16H22O2S. The number of hydrogen-bond donors (Lipinski definition) is 0. The second kappa shape index (κ2) is 3.81. The van der Waals surface area contributed by atoms with Crippen LogP contribution >= 0.6 is 11.8 Å². The summed E-state index contributed by atoms with van der Waals surface area (Å²) in [4.78, 5) is 12.4. The van der Waals surface area contributed by atoms with E-state index in [0.29, 0.717) is 11.2 Å². The molecule has 0 amide bonds. The molecule has 104 valence electrons. The zero-order chi connectivity index (χ0) is 13.4. The van der Waals surface area contributed by atoms with Gasteiger partial charge >= 0.3 is 5.97 Å². The minimum Gasteiger partial charge on any atom is -0.460 e. The normalized spacial score (nSPS) is 49.7. The Balaban J connectivity index is 1.54. The Morgan fingerprint density at radius 1 is 1.16 bits per heavy atom. The molecule has 7 unspecified atom stereocenters. The summed E-state index contributed by atoms with van der Waals surface area (Å²) in [5.74, 6) is 3.24. The summed E-state index contributed by atoms with van der Waals surface area (Å²) in [6, 6.07) is 0. The lowest BCUT2D eigenvalue weighted by Gasteiger charge is -2.35. The molecule has 0 aromatic carbocycles. The second-order valence-corrected chi connectivity index (χ2v) is 9.00. The predicted molar refractivity (Wildman–Crippen MR) is 76.8 cm³/mol. The van der Waals surface area contributed by atoms with Gasteiger partial charge in [-0.25, -0.2) is 0 Å². The van der Waals surface area contributed by atoms with E-state index in [1.807, 2.05) is 20.8 Å². The van der Waals surface area contributed by atoms with Crippen molar-refractivity contribution >= 4 is 17.7 Å². The molecular weight excluding hydrogens is 256 g/mol. The highest BCUT2D eigenvalue weighted by Gasteiger charge is 2.63. The maximum Gasteiger partial charge on any atom is 0.309 e. The minimum absolute atomic E-state index is 0.0650. The van der Waals surface area contributed by atoms with Crippen LogP contribution in [0.4, 0.5) is 0 Å². The van der Waals surface area contributed by atoms with Crippen LogP contribution in [0.15, 0.2) is 12.2 Å². The zero-order valence-electron chi connectivity index (χ0n) is 11.8. The fourth-order valence-corrected chi connectivity index (χ4v) is 6.85. The molecule has 0 aromatic rings. The van der Waals surface area contributed by atoms with Gasteiger partial charge in [0.2, 0.25) is 0 Å². The molecule has 7 atom stereocenters. The van der Waals surface area contributed by atoms with Gasteiger partial charge in [0, 0.05) is 10.5 Å². The first-order valence-corrected chi connectivity index (χ1v) is 8.45. The largest absolute Gasteiger partial charge is 0.460 e. The number of thioether (sulfide) groups is 1. The second-order valence-electron chi connectivity index (χ2n) is 7.64. The van der Waals surface area contributed by atoms with Gasteiger partial charge in [0.05, 0.1) is 5.92 Å². The molecule has 0 aromatic heterocycles. The van der Waals surface area contributed by atoms with Crippen molar-refractivity contribution in [3.8, 4) is 0 Å². The Hall–Kier alpha value is -0.440. The van der Waals surface area contributed by atoms with Crippen molar-refractivity contribution < 1.29 is 9.53 Å². The Kier molecular flexibility index (Phi) is 2.47. The maximum absolute atomic E-state index is 12.4. The Bertz CT molecular complexity index is 450. The number of carbonyl (C=O) groups excluding carboxylic acids is 1. The van der Waals surface area contributed by atoms with Gasteiger partial charge in [-0.1, -0.05) is 12.2 Å². The van der Waals surface area contributed by atoms with Crippen molar-refractivity contribution in [3.63, 3.8) is 0 Å². The van der Waals surface area contributed by atoms with Crippen molar-refractivity contribution in [1.29, 1.82) is 0 Å². The van der Waals surface area contributed by atoms with Crippen LogP contribution in [0.2, 0.25) is 0 Å². The third kappa shape index (κ3) is 1.73. The summed E-state index contributed by atoms with van der Waals surface area (Å²) < 4.78 is 5.64. The van der Waals surface area contributed by atoms with Crippen molar-refractivity contribution in [3.05, 3.63) is 12.2 Å². The summed E-state index contributed by atoms with van der Waals surface area (Å²) in [6.07, 6.45) is 7.16. The van der Waals surface area contributed by atoms with Gasteiger partial charge in [0.15, 0.2) is 0 Å². The number of hydrogen-bond acceptors (Lipinski definition) is 3. The summed E-state index contributed by atoms with van der Waals surface area (Å²) in [6.45, 7) is 5.91. The predicted octanol–water partition coefficient (Wildman–Crippen LogP) is 3.27. The zero-order valence-corrected chi connectivity index (χ0v) is 12.7. The van der Waals surface area contributed by atoms with Crippen LogP contribution in [0.5, 0.6) is 0 Å². The lowest BCUT2D eigenvalue weighted by molar-refractivity contribution is -0.163. The molecule has 0 N–H and O–H groups in total. The molecule has 0 spiro atoms. The molecule has 19 heavy (non-hydrogen) atoms. The summed E-state index contributed by atoms with van der Waals surface area (Å²) in [7, 11) is 0. The topological polar surface area (TPSA) is 26.3 Å². The first-order chi connectivity index (χ1) is 8.94. The van der Waals surface area contributed by atoms with E-state index in [0.717, 1.165) is 29.4 Å². The third-order valence-electron chi connectivity index (χ3n) is 5.40. The van der Waals surface area contributed by atoms with Crippen LogP contribution < -0.4 is 0 Å². The first-order valence-electron chi connectivity index (χ1n) is 7.51. The van der Waals surface area contributed by atoms with E-state index < -0.39 is 0 Å². The average molecular weight is 278 g/mol. The Labute approximate surface area is 119 Å². The SMILES string of the molecule is CC(C)(C)OC(=O)C1CC2CC1C1C3C=CC(S3)C21. The fourth-order valence-electron chi connectivity index (χ4n) is 4.98. The van der Waals surface area contributed by atoms with Gasteiger partial charge in [-0.3, -0.25) is 4.79 Å². The van der Waals surface area contributed by atoms with Gasteiger partial charge < -0.3 is 4.74 Å². The highest BCUT2D eigenvalue weighted by molar-refractivity contribution is 8.01. The summed E-state index contributed by atoms with van der Waals surface area (Å²) in [5.41, 5.74) is -0.346. The summed E-state index contributed by atoms with van der Waals surface area (Å²) in [5, 5.41) is 1.44. The van der Waals surface area contributed by atoms with Crippen molar-refractivity contribution in [1.82, 2.24) is 0 Å². The third-order valence-corrected chi connectivity index (χ3v) is 6.98. The lowest BCUT2D eigenvalue weighted by atomic mass is 9.69. The molecule has 3 heteroatoms. The van der Waals surface area contributed by atoms with E-state index >= 15 is 0 Å². The molecule has 3 fully saturated rings. The molecule has 2 aliphatic carbocycles. The molecule has 4 bridgehead atoms. The van der Waals surface area contributed by atoms with Gasteiger partial charge in [0.25, 0.3) is 0 Å². The van der Waals surface area contributed by atoms with E-state index in [2.05, 4.69) is 23.9 Å². The number of ether oxygens (including phenoxy) is 1. The quantitative estimate of drug-likeness (QED) is 0.544. The van der Waals surface area contributed by atoms with Crippen LogP contribution in [0.25, 0.3) is 0 Å². The monoisotopic (exact) mass is 278 g/mol. The van der Waals surface area contributed by atoms with E-state index in [-0.39, 0.29) is 17.5 Å². The Morgan fingerprint density at radius 3 is 2.53 bits per heavy atom. The first kappa shape index (κ1) is 12.3. The van der Waals surface area contributed by atoms with Gasteiger partial charge in [-0.2, -0.15) is 0 Å². The van der Waals surface area contributed by atoms with Crippen molar-refractivity contribution in [2.24, 2.45) is 29.6 Å². The number of rotatable bonds is 1. The van der Waals surface area contributed by atoms with Gasteiger partial charge in [0.1, 0.15) is 5.60 Å². The van der Waals surface area contributed by atoms with E-state index in [4.69, 9.17) is 4.74 Å². The minimum atomic E-state index is -0.346. The van der Waals surface area contributed by atoms with Crippen LogP contribution in [-0.4, -0.2) is 22.1 Å². The van der Waals surface area contributed by atoms with Crippen molar-refractivity contribution in [2.45, 2.75) is 49.7 Å². The molecule has 0 radical (unpaired) electrons. The van der Waals surface area contributed by atoms with Crippen LogP contribution in [0.3, 0.4) is 0 Å². The van der Waals surface area contributed by atoms with Crippen molar-refractivity contribution in [2.75, 3.05) is 0 Å². The number of fused-ring (bicyclic) bond motifs is 9. The van der Waals surface area contributed by atoms with Crippen LogP contribution in [-0.2, 0) is 9.53 Å². The van der Waals surface area contributed by atoms with Gasteiger partial charge in [-0.05, 0) is 57.3 Å². The lowest BCUT2D eigenvalue weighted by Crippen LogP contribution is -2.39. The highest BCUT2D eigenvalue weighted by atomic mass is 32.2. The summed E-state index contributed by atoms with van der Waals surface area (Å²) >= 11 is 2.13. The van der Waals surface area contributed by atoms with E-state index in [1.54, 1.807) is 0 Å².